The number of alkyl halides is 8. The Hall–Kier alpha value is -2.09. The van der Waals surface area contributed by atoms with Crippen LogP contribution < -0.4 is 5.46 Å². The Labute approximate surface area is 172 Å². The molecule has 0 amide bonds. The lowest BCUT2D eigenvalue weighted by Crippen LogP contribution is -2.49. The number of aliphatic hydroxyl groups is 1. The summed E-state index contributed by atoms with van der Waals surface area (Å²) in [7, 11) is 0.685. The average Bonchev–Trinajstić information content (AvgIpc) is 3.14. The molecular weight excluding hydrogens is 441 g/mol. The molecule has 0 aliphatic rings. The Balaban J connectivity index is 2.52. The van der Waals surface area contributed by atoms with E-state index in [1.165, 1.54) is 13.8 Å². The smallest absolute Gasteiger partial charge is 0.427 e. The quantitative estimate of drug-likeness (QED) is 0.530. The molecule has 0 unspecified atom stereocenters. The monoisotopic (exact) mass is 461 g/mol. The summed E-state index contributed by atoms with van der Waals surface area (Å²) >= 11 is 0. The predicted molar refractivity (Wildman–Crippen MR) is 95.7 cm³/mol. The number of aromatic nitrogens is 3. The van der Waals surface area contributed by atoms with Crippen LogP contribution in [0.2, 0.25) is 0 Å². The van der Waals surface area contributed by atoms with Crippen molar-refractivity contribution < 1.29 is 44.9 Å². The molecule has 0 fully saturated rings. The summed E-state index contributed by atoms with van der Waals surface area (Å²) < 4.78 is 113. The van der Waals surface area contributed by atoms with E-state index in [0.29, 0.717) is 9.25 Å². The molecule has 0 bridgehead atoms. The van der Waals surface area contributed by atoms with Crippen molar-refractivity contribution in [3.8, 4) is 5.82 Å². The summed E-state index contributed by atoms with van der Waals surface area (Å²) in [6.45, 7) is 6.11. The second kappa shape index (κ2) is 7.50. The van der Waals surface area contributed by atoms with Crippen molar-refractivity contribution in [2.45, 2.75) is 57.2 Å². The van der Waals surface area contributed by atoms with Gasteiger partial charge in [-0.3, -0.25) is 0 Å². The van der Waals surface area contributed by atoms with Gasteiger partial charge in [0.1, 0.15) is 11.4 Å². The van der Waals surface area contributed by atoms with Gasteiger partial charge in [0.15, 0.2) is 0 Å². The van der Waals surface area contributed by atoms with E-state index in [0.717, 1.165) is 19.4 Å². The number of hydrogen-bond donors (Lipinski definition) is 1. The molecule has 0 saturated heterocycles. The van der Waals surface area contributed by atoms with Crippen LogP contribution in [0.3, 0.4) is 0 Å². The van der Waals surface area contributed by atoms with Gasteiger partial charge in [0.2, 0.25) is 0 Å². The highest BCUT2D eigenvalue weighted by Crippen LogP contribution is 2.50. The maximum absolute atomic E-state index is 13.8. The second-order valence-corrected chi connectivity index (χ2v) is 8.07. The molecule has 2 aromatic heterocycles. The molecule has 31 heavy (non-hydrogen) atoms. The van der Waals surface area contributed by atoms with Crippen LogP contribution in [0.4, 0.5) is 35.1 Å². The average molecular weight is 461 g/mol. The lowest BCUT2D eigenvalue weighted by molar-refractivity contribution is -0.290. The molecule has 0 aliphatic carbocycles. The van der Waals surface area contributed by atoms with E-state index in [-0.39, 0.29) is 19.1 Å². The van der Waals surface area contributed by atoms with E-state index in [1.54, 1.807) is 13.8 Å². The van der Waals surface area contributed by atoms with Gasteiger partial charge in [0, 0.05) is 25.6 Å². The highest BCUT2D eigenvalue weighted by molar-refractivity contribution is 6.46. The first-order valence-corrected chi connectivity index (χ1v) is 8.82. The summed E-state index contributed by atoms with van der Waals surface area (Å²) in [5.41, 5.74) is -6.51. The van der Waals surface area contributed by atoms with Crippen LogP contribution >= 0.6 is 0 Å². The van der Waals surface area contributed by atoms with Crippen LogP contribution in [-0.4, -0.2) is 44.3 Å². The van der Waals surface area contributed by atoms with E-state index in [2.05, 4.69) is 5.10 Å². The number of hydrogen-bond acceptors (Lipinski definition) is 3. The molecule has 5 nitrogen and oxygen atoms in total. The third-order valence-electron chi connectivity index (χ3n) is 5.05. The van der Waals surface area contributed by atoms with Crippen molar-refractivity contribution in [2.75, 3.05) is 0 Å². The standard InChI is InChI=1S/C17H20BF8N3O2/c1-13(2,30)14(3,4)31-18-9-6-27-29(7-9)12-11(16(21,22)23)10(8-28(12)5)15(19,20)17(24,25)26/h6-8,18,30H,1-5H3. The summed E-state index contributed by atoms with van der Waals surface area (Å²) in [6.07, 6.45) is -9.57. The molecule has 0 atom stereocenters. The van der Waals surface area contributed by atoms with Crippen LogP contribution in [0.15, 0.2) is 18.6 Å². The Bertz CT molecular complexity index is 939. The van der Waals surface area contributed by atoms with Crippen LogP contribution in [-0.2, 0) is 23.8 Å². The van der Waals surface area contributed by atoms with Crippen molar-refractivity contribution in [3.63, 3.8) is 0 Å². The van der Waals surface area contributed by atoms with E-state index in [1.807, 2.05) is 0 Å². The largest absolute Gasteiger partial charge is 0.458 e. The van der Waals surface area contributed by atoms with E-state index in [4.69, 9.17) is 4.65 Å². The highest BCUT2D eigenvalue weighted by atomic mass is 19.4. The molecule has 0 saturated carbocycles. The number of rotatable bonds is 6. The maximum Gasteiger partial charge on any atom is 0.458 e. The molecule has 1 N–H and O–H groups in total. The summed E-state index contributed by atoms with van der Waals surface area (Å²) in [5, 5.41) is 13.7. The predicted octanol–water partition coefficient (Wildman–Crippen LogP) is 3.43. The zero-order chi connectivity index (χ0) is 24.2. The first kappa shape index (κ1) is 25.2. The third-order valence-corrected chi connectivity index (χ3v) is 5.05. The zero-order valence-electron chi connectivity index (χ0n) is 17.2. The van der Waals surface area contributed by atoms with Gasteiger partial charge in [-0.05, 0) is 33.2 Å². The van der Waals surface area contributed by atoms with Crippen molar-refractivity contribution >= 4 is 12.9 Å². The third kappa shape index (κ3) is 4.74. The van der Waals surface area contributed by atoms with Gasteiger partial charge in [0.25, 0.3) is 0 Å². The molecule has 0 aromatic carbocycles. The lowest BCUT2D eigenvalue weighted by Gasteiger charge is -2.37. The lowest BCUT2D eigenvalue weighted by atomic mass is 9.84. The molecule has 174 valence electrons. The molecule has 2 rings (SSSR count). The van der Waals surface area contributed by atoms with Crippen molar-refractivity contribution in [2.24, 2.45) is 7.05 Å². The molecule has 2 aromatic rings. The zero-order valence-corrected chi connectivity index (χ0v) is 17.2. The summed E-state index contributed by atoms with van der Waals surface area (Å²) in [6, 6.07) is 0. The fraction of sp³-hybridized carbons (Fsp3) is 0.588. The molecule has 0 aliphatic heterocycles. The van der Waals surface area contributed by atoms with Gasteiger partial charge >= 0.3 is 25.8 Å². The van der Waals surface area contributed by atoms with Gasteiger partial charge in [0.05, 0.1) is 16.8 Å². The Morgan fingerprint density at radius 3 is 1.97 bits per heavy atom. The second-order valence-electron chi connectivity index (χ2n) is 8.07. The van der Waals surface area contributed by atoms with Gasteiger partial charge in [-0.1, -0.05) is 0 Å². The number of halogens is 8. The summed E-state index contributed by atoms with van der Waals surface area (Å²) in [4.78, 5) is 0. The van der Waals surface area contributed by atoms with E-state index in [9.17, 15) is 40.2 Å². The minimum Gasteiger partial charge on any atom is -0.427 e. The van der Waals surface area contributed by atoms with Gasteiger partial charge < -0.3 is 14.3 Å². The maximum atomic E-state index is 13.8. The van der Waals surface area contributed by atoms with Gasteiger partial charge in [-0.15, -0.1) is 0 Å². The minimum absolute atomic E-state index is 0.0842. The van der Waals surface area contributed by atoms with Crippen LogP contribution in [0.25, 0.3) is 5.82 Å². The van der Waals surface area contributed by atoms with Gasteiger partial charge in [-0.25, -0.2) is 4.68 Å². The highest BCUT2D eigenvalue weighted by Gasteiger charge is 2.62. The van der Waals surface area contributed by atoms with Crippen LogP contribution in [0, 0.1) is 0 Å². The fourth-order valence-corrected chi connectivity index (χ4v) is 2.55. The first-order chi connectivity index (χ1) is 13.7. The molecule has 14 heteroatoms. The van der Waals surface area contributed by atoms with E-state index >= 15 is 0 Å². The van der Waals surface area contributed by atoms with Crippen LogP contribution in [0.1, 0.15) is 38.8 Å². The SMILES string of the molecule is Cn1cc(C(F)(F)C(F)(F)F)c(C(F)(F)F)c1-n1cc(BOC(C)(C)C(C)(C)O)cn1. The number of aryl methyl sites for hydroxylation is 1. The Morgan fingerprint density at radius 1 is 0.968 bits per heavy atom. The topological polar surface area (TPSA) is 52.2 Å². The first-order valence-electron chi connectivity index (χ1n) is 8.82. The van der Waals surface area contributed by atoms with Crippen LogP contribution in [0.5, 0.6) is 0 Å². The van der Waals surface area contributed by atoms with E-state index < -0.39 is 46.4 Å². The van der Waals surface area contributed by atoms with Crippen molar-refractivity contribution in [3.05, 3.63) is 29.7 Å². The molecular formula is C17H20BF8N3O2. The fourth-order valence-electron chi connectivity index (χ4n) is 2.55. The van der Waals surface area contributed by atoms with Crippen molar-refractivity contribution in [1.29, 1.82) is 0 Å². The normalized spacial score (nSPS) is 14.3. The molecule has 0 radical (unpaired) electrons. The summed E-state index contributed by atoms with van der Waals surface area (Å²) in [5.74, 6) is -6.75. The van der Waals surface area contributed by atoms with Gasteiger partial charge in [-0.2, -0.15) is 40.2 Å². The van der Waals surface area contributed by atoms with Crippen molar-refractivity contribution in [1.82, 2.24) is 14.3 Å². The number of nitrogens with zero attached hydrogens (tertiary/aromatic N) is 3. The molecule has 0 spiro atoms. The molecule has 2 heterocycles. The minimum atomic E-state index is -6.22. The Kier molecular flexibility index (Phi) is 6.09. The Morgan fingerprint density at radius 2 is 1.52 bits per heavy atom.